The van der Waals surface area contributed by atoms with Gasteiger partial charge in [0.2, 0.25) is 0 Å². The van der Waals surface area contributed by atoms with E-state index in [4.69, 9.17) is 15.3 Å². The Kier molecular flexibility index (Phi) is 8.26. The number of rotatable bonds is 10. The lowest BCUT2D eigenvalue weighted by Gasteiger charge is -2.49. The summed E-state index contributed by atoms with van der Waals surface area (Å²) in [6.45, 7) is 0.340. The second-order valence-corrected chi connectivity index (χ2v) is 8.91. The number of nitrogen functional groups attached to an aromatic ring is 1. The molecule has 0 unspecified atom stereocenters. The van der Waals surface area contributed by atoms with Gasteiger partial charge in [0, 0.05) is 23.6 Å². The number of hydrogen-bond acceptors (Lipinski definition) is 13. The molecule has 15 nitrogen and oxygen atoms in total. The molecule has 2 aliphatic heterocycles. The number of β-lactam (4-membered cyclic amide) rings is 1. The van der Waals surface area contributed by atoms with Crippen LogP contribution in [0.25, 0.3) is 0 Å². The minimum absolute atomic E-state index is 0.0480. The zero-order valence-corrected chi connectivity index (χ0v) is 19.9. The summed E-state index contributed by atoms with van der Waals surface area (Å²) in [7, 11) is 1.23. The van der Waals surface area contributed by atoms with Gasteiger partial charge in [0.15, 0.2) is 17.5 Å². The van der Waals surface area contributed by atoms with Gasteiger partial charge in [0.05, 0.1) is 7.11 Å². The molecule has 0 radical (unpaired) electrons. The Hall–Kier alpha value is -3.70. The molecule has 0 saturated carbocycles. The second kappa shape index (κ2) is 11.2. The molecule has 5 N–H and O–H groups in total. The van der Waals surface area contributed by atoms with Crippen LogP contribution in [0.4, 0.5) is 5.13 Å². The third-order valence-corrected chi connectivity index (χ3v) is 6.55. The van der Waals surface area contributed by atoms with Gasteiger partial charge in [-0.1, -0.05) is 5.16 Å². The number of hydrogen-bond donors (Lipinski definition) is 4. The number of carbonyl (C=O) groups excluding carboxylic acids is 4. The van der Waals surface area contributed by atoms with Crippen LogP contribution in [0.3, 0.4) is 0 Å². The number of thiazole rings is 1. The first-order valence-electron chi connectivity index (χ1n) is 9.71. The van der Waals surface area contributed by atoms with Gasteiger partial charge in [0.1, 0.15) is 29.4 Å². The third-order valence-electron chi connectivity index (χ3n) is 4.53. The van der Waals surface area contributed by atoms with Crippen LogP contribution in [0.15, 0.2) is 21.8 Å². The Morgan fingerprint density at radius 2 is 2.11 bits per heavy atom. The van der Waals surface area contributed by atoms with Crippen molar-refractivity contribution in [3.63, 3.8) is 0 Å². The van der Waals surface area contributed by atoms with Gasteiger partial charge in [-0.05, 0) is 0 Å². The lowest BCUT2D eigenvalue weighted by Crippen LogP contribution is -2.71. The first-order chi connectivity index (χ1) is 16.6. The number of anilines is 1. The number of ether oxygens (including phenoxy) is 1. The molecule has 1 saturated heterocycles. The SMILES string of the molecule is CONC(=O)CON=C(C(=O)N[C@@H]1C(=O)N2C(C(=O)O)=C(COC(C)=O)CS[C@H]12)c1csc(N)n1. The van der Waals surface area contributed by atoms with Gasteiger partial charge in [-0.25, -0.2) is 15.3 Å². The van der Waals surface area contributed by atoms with E-state index in [1.165, 1.54) is 31.2 Å². The maximum absolute atomic E-state index is 12.9. The van der Waals surface area contributed by atoms with Crippen LogP contribution in [-0.4, -0.2) is 87.9 Å². The average molecular weight is 529 g/mol. The molecule has 0 aliphatic carbocycles. The van der Waals surface area contributed by atoms with Crippen molar-refractivity contribution < 1.29 is 43.5 Å². The molecule has 3 amide bonds. The molecule has 17 heteroatoms. The van der Waals surface area contributed by atoms with Gasteiger partial charge in [-0.15, -0.1) is 23.1 Å². The highest BCUT2D eigenvalue weighted by atomic mass is 32.2. The van der Waals surface area contributed by atoms with Crippen LogP contribution >= 0.6 is 23.1 Å². The zero-order chi connectivity index (χ0) is 25.7. The van der Waals surface area contributed by atoms with E-state index in [-0.39, 0.29) is 40.2 Å². The molecule has 0 bridgehead atoms. The summed E-state index contributed by atoms with van der Waals surface area (Å²) < 4.78 is 4.88. The van der Waals surface area contributed by atoms with Crippen LogP contribution in [0.2, 0.25) is 0 Å². The van der Waals surface area contributed by atoms with Crippen molar-refractivity contribution >= 4 is 63.6 Å². The highest BCUT2D eigenvalue weighted by Gasteiger charge is 2.54. The number of nitrogens with zero attached hydrogens (tertiary/aromatic N) is 3. The zero-order valence-electron chi connectivity index (χ0n) is 18.3. The maximum atomic E-state index is 12.9. The predicted molar refractivity (Wildman–Crippen MR) is 120 cm³/mol. The molecule has 3 rings (SSSR count). The van der Waals surface area contributed by atoms with Crippen molar-refractivity contribution in [2.45, 2.75) is 18.3 Å². The van der Waals surface area contributed by atoms with Crippen LogP contribution < -0.4 is 16.5 Å². The molecule has 0 aromatic carbocycles. The Labute approximate surface area is 205 Å². The van der Waals surface area contributed by atoms with Crippen molar-refractivity contribution in [2.75, 3.05) is 31.8 Å². The second-order valence-electron chi connectivity index (χ2n) is 6.91. The Balaban J connectivity index is 1.75. The largest absolute Gasteiger partial charge is 0.477 e. The number of hydroxylamine groups is 1. The summed E-state index contributed by atoms with van der Waals surface area (Å²) in [5, 5.41) is 16.6. The summed E-state index contributed by atoms with van der Waals surface area (Å²) in [5.74, 6) is -3.99. The van der Waals surface area contributed by atoms with E-state index in [1.54, 1.807) is 0 Å². The molecular formula is C18H20N6O9S2. The summed E-state index contributed by atoms with van der Waals surface area (Å²) >= 11 is 2.22. The number of amides is 3. The molecule has 1 aromatic rings. The van der Waals surface area contributed by atoms with Crippen molar-refractivity contribution in [2.24, 2.45) is 5.16 Å². The topological polar surface area (TPSA) is 212 Å². The normalized spacial score (nSPS) is 19.4. The number of thioether (sulfide) groups is 1. The minimum Gasteiger partial charge on any atom is -0.477 e. The van der Waals surface area contributed by atoms with E-state index in [9.17, 15) is 29.1 Å². The van der Waals surface area contributed by atoms with Gasteiger partial charge >= 0.3 is 11.9 Å². The van der Waals surface area contributed by atoms with Crippen molar-refractivity contribution in [3.8, 4) is 0 Å². The molecule has 188 valence electrons. The monoisotopic (exact) mass is 528 g/mol. The first-order valence-corrected chi connectivity index (χ1v) is 11.6. The maximum Gasteiger partial charge on any atom is 0.352 e. The van der Waals surface area contributed by atoms with Crippen molar-refractivity contribution in [1.82, 2.24) is 20.7 Å². The lowest BCUT2D eigenvalue weighted by atomic mass is 10.0. The number of oxime groups is 1. The fourth-order valence-electron chi connectivity index (χ4n) is 3.09. The molecule has 2 aliphatic rings. The van der Waals surface area contributed by atoms with Crippen LogP contribution in [-0.2, 0) is 38.4 Å². The van der Waals surface area contributed by atoms with Gasteiger partial charge < -0.3 is 25.7 Å². The smallest absolute Gasteiger partial charge is 0.352 e. The molecule has 3 heterocycles. The summed E-state index contributed by atoms with van der Waals surface area (Å²) in [6.07, 6.45) is 0. The lowest BCUT2D eigenvalue weighted by molar-refractivity contribution is -0.150. The standard InChI is InChI=1S/C18H20N6O9S2/c1-7(25)32-3-8-5-34-16-12(15(28)24(16)13(8)17(29)30)21-14(27)11(9-6-35-18(19)20-9)23-33-4-10(26)22-31-2/h6,12,16H,3-5H2,1-2H3,(H2,19,20)(H,21,27)(H,22,26)(H,29,30)/t12-,16-/m1/s1. The number of carbonyl (C=O) groups is 5. The van der Waals surface area contributed by atoms with E-state index in [1.807, 2.05) is 5.48 Å². The van der Waals surface area contributed by atoms with E-state index in [0.717, 1.165) is 16.2 Å². The van der Waals surface area contributed by atoms with Gasteiger partial charge in [-0.2, -0.15) is 0 Å². The Morgan fingerprint density at radius 1 is 1.37 bits per heavy atom. The van der Waals surface area contributed by atoms with Gasteiger partial charge in [0.25, 0.3) is 17.7 Å². The number of carboxylic acid groups (broad SMARTS) is 1. The molecule has 2 atom stereocenters. The van der Waals surface area contributed by atoms with Crippen LogP contribution in [0, 0.1) is 0 Å². The number of esters is 1. The molecule has 35 heavy (non-hydrogen) atoms. The minimum atomic E-state index is -1.36. The summed E-state index contributed by atoms with van der Waals surface area (Å²) in [4.78, 5) is 74.5. The first kappa shape index (κ1) is 25.9. The molecule has 1 aromatic heterocycles. The van der Waals surface area contributed by atoms with Crippen LogP contribution in [0.5, 0.6) is 0 Å². The van der Waals surface area contributed by atoms with Crippen LogP contribution in [0.1, 0.15) is 12.6 Å². The van der Waals surface area contributed by atoms with E-state index in [2.05, 4.69) is 20.3 Å². The van der Waals surface area contributed by atoms with Gasteiger partial charge in [-0.3, -0.25) is 28.9 Å². The molecular weight excluding hydrogens is 508 g/mol. The number of aliphatic carboxylic acids is 1. The number of nitrogens with two attached hydrogens (primary N) is 1. The fourth-order valence-corrected chi connectivity index (χ4v) is 4.97. The van der Waals surface area contributed by atoms with E-state index >= 15 is 0 Å². The van der Waals surface area contributed by atoms with E-state index < -0.39 is 47.7 Å². The highest BCUT2D eigenvalue weighted by Crippen LogP contribution is 2.40. The number of aromatic nitrogens is 1. The molecule has 1 fully saturated rings. The third kappa shape index (κ3) is 5.87. The Bertz CT molecular complexity index is 1120. The fraction of sp³-hybridized carbons (Fsp3) is 0.389. The summed E-state index contributed by atoms with van der Waals surface area (Å²) in [6, 6.07) is -1.07. The number of carboxylic acids is 1. The number of fused-ring (bicyclic) bond motifs is 1. The predicted octanol–water partition coefficient (Wildman–Crippen LogP) is -1.57. The Morgan fingerprint density at radius 3 is 2.71 bits per heavy atom. The number of nitrogens with one attached hydrogen (secondary N) is 2. The molecule has 0 spiro atoms. The quantitative estimate of drug-likeness (QED) is 0.117. The van der Waals surface area contributed by atoms with Crippen molar-refractivity contribution in [1.29, 1.82) is 0 Å². The average Bonchev–Trinajstić information content (AvgIpc) is 3.23. The van der Waals surface area contributed by atoms with Crippen molar-refractivity contribution in [3.05, 3.63) is 22.3 Å². The van der Waals surface area contributed by atoms with E-state index in [0.29, 0.717) is 0 Å². The highest BCUT2D eigenvalue weighted by molar-refractivity contribution is 8.00. The summed E-state index contributed by atoms with van der Waals surface area (Å²) in [5.41, 5.74) is 7.30.